The molecular weight excluding hydrogens is 325 g/mol. The molecule has 0 saturated heterocycles. The molecule has 0 bridgehead atoms. The van der Waals surface area contributed by atoms with E-state index in [1.54, 1.807) is 0 Å². The highest BCUT2D eigenvalue weighted by atomic mass is 19.4. The van der Waals surface area contributed by atoms with Gasteiger partial charge in [-0.05, 0) is 17.7 Å². The topological polar surface area (TPSA) is 79.5 Å². The van der Waals surface area contributed by atoms with Crippen LogP contribution in [0.4, 0.5) is 19.0 Å². The highest BCUT2D eigenvalue weighted by Crippen LogP contribution is 2.32. The molecule has 0 aliphatic heterocycles. The molecule has 3 rings (SSSR count). The molecule has 0 aliphatic carbocycles. The Morgan fingerprint density at radius 1 is 1.25 bits per heavy atom. The number of halogens is 3. The van der Waals surface area contributed by atoms with Gasteiger partial charge in [0, 0.05) is 12.7 Å². The number of alkyl halides is 3. The van der Waals surface area contributed by atoms with Gasteiger partial charge in [0.2, 0.25) is 0 Å². The van der Waals surface area contributed by atoms with E-state index in [0.717, 1.165) is 12.3 Å². The van der Waals surface area contributed by atoms with Crippen LogP contribution in [0.3, 0.4) is 0 Å². The summed E-state index contributed by atoms with van der Waals surface area (Å²) >= 11 is 0. The van der Waals surface area contributed by atoms with E-state index in [-0.39, 0.29) is 29.1 Å². The zero-order valence-corrected chi connectivity index (χ0v) is 12.1. The van der Waals surface area contributed by atoms with Crippen molar-refractivity contribution in [2.45, 2.75) is 12.7 Å². The summed E-state index contributed by atoms with van der Waals surface area (Å²) in [6.07, 6.45) is -1.81. The van der Waals surface area contributed by atoms with Crippen molar-refractivity contribution in [3.05, 3.63) is 59.4 Å². The maximum absolute atomic E-state index is 13.0. The van der Waals surface area contributed by atoms with Crippen LogP contribution in [0.2, 0.25) is 0 Å². The summed E-state index contributed by atoms with van der Waals surface area (Å²) < 4.78 is 40.2. The van der Waals surface area contributed by atoms with E-state index in [1.807, 2.05) is 0 Å². The zero-order chi connectivity index (χ0) is 17.3. The van der Waals surface area contributed by atoms with Crippen molar-refractivity contribution in [2.24, 2.45) is 0 Å². The molecule has 0 aliphatic rings. The molecule has 0 amide bonds. The largest absolute Gasteiger partial charge is 0.477 e. The molecule has 0 unspecified atom stereocenters. The van der Waals surface area contributed by atoms with Crippen molar-refractivity contribution < 1.29 is 23.1 Å². The quantitative estimate of drug-likeness (QED) is 0.765. The summed E-state index contributed by atoms with van der Waals surface area (Å²) in [4.78, 5) is 15.2. The number of nitrogens with zero attached hydrogens (tertiary/aromatic N) is 3. The van der Waals surface area contributed by atoms with E-state index < -0.39 is 17.7 Å². The smallest absolute Gasteiger partial charge is 0.416 e. The van der Waals surface area contributed by atoms with Gasteiger partial charge in [-0.2, -0.15) is 18.3 Å². The number of aromatic carboxylic acids is 1. The number of aromatic nitrogens is 3. The Balaban J connectivity index is 1.87. The molecule has 2 N–H and O–H groups in total. The molecule has 1 aromatic carbocycles. The standard InChI is InChI=1S/C15H11F3N4O2/c16-15(17,18)11-4-2-1-3-9(11)7-19-12-5-6-22-13(21-12)10(8-20-22)14(23)24/h1-6,8H,7H2,(H,19,21)(H,23,24). The fourth-order valence-corrected chi connectivity index (χ4v) is 2.25. The van der Waals surface area contributed by atoms with Gasteiger partial charge in [-0.15, -0.1) is 0 Å². The van der Waals surface area contributed by atoms with E-state index >= 15 is 0 Å². The lowest BCUT2D eigenvalue weighted by Gasteiger charge is -2.13. The second kappa shape index (κ2) is 5.84. The number of carboxylic acids is 1. The van der Waals surface area contributed by atoms with Crippen LogP contribution in [0.15, 0.2) is 42.7 Å². The number of benzene rings is 1. The number of fused-ring (bicyclic) bond motifs is 1. The third-order valence-corrected chi connectivity index (χ3v) is 3.38. The van der Waals surface area contributed by atoms with Crippen LogP contribution < -0.4 is 5.32 Å². The molecule has 0 spiro atoms. The van der Waals surface area contributed by atoms with Crippen molar-refractivity contribution in [1.29, 1.82) is 0 Å². The van der Waals surface area contributed by atoms with Crippen LogP contribution in [-0.4, -0.2) is 25.7 Å². The third kappa shape index (κ3) is 3.00. The first-order chi connectivity index (χ1) is 11.4. The molecule has 0 saturated carbocycles. The monoisotopic (exact) mass is 336 g/mol. The predicted octanol–water partition coefficient (Wildman–Crippen LogP) is 3.06. The SMILES string of the molecule is O=C(O)c1cnn2ccc(NCc3ccccc3C(F)(F)F)nc12. The van der Waals surface area contributed by atoms with Gasteiger partial charge in [0.25, 0.3) is 0 Å². The predicted molar refractivity (Wildman–Crippen MR) is 78.7 cm³/mol. The minimum absolute atomic E-state index is 0.0682. The Labute approximate surface area is 133 Å². The number of nitrogens with one attached hydrogen (secondary N) is 1. The van der Waals surface area contributed by atoms with E-state index in [4.69, 9.17) is 5.11 Å². The van der Waals surface area contributed by atoms with Gasteiger partial charge in [0.15, 0.2) is 5.65 Å². The molecule has 0 atom stereocenters. The lowest BCUT2D eigenvalue weighted by Crippen LogP contribution is -2.12. The second-order valence-electron chi connectivity index (χ2n) is 4.95. The van der Waals surface area contributed by atoms with Gasteiger partial charge in [0.05, 0.1) is 11.8 Å². The van der Waals surface area contributed by atoms with Gasteiger partial charge in [-0.3, -0.25) is 0 Å². The maximum atomic E-state index is 13.0. The van der Waals surface area contributed by atoms with Crippen LogP contribution in [-0.2, 0) is 12.7 Å². The summed E-state index contributed by atoms with van der Waals surface area (Å²) in [5.41, 5.74) is -0.640. The van der Waals surface area contributed by atoms with Crippen LogP contribution >= 0.6 is 0 Å². The number of hydrogen-bond acceptors (Lipinski definition) is 4. The normalized spacial score (nSPS) is 11.6. The Morgan fingerprint density at radius 3 is 2.71 bits per heavy atom. The zero-order valence-electron chi connectivity index (χ0n) is 12.1. The first-order valence-corrected chi connectivity index (χ1v) is 6.83. The fourth-order valence-electron chi connectivity index (χ4n) is 2.25. The molecule has 124 valence electrons. The van der Waals surface area contributed by atoms with Gasteiger partial charge < -0.3 is 10.4 Å². The lowest BCUT2D eigenvalue weighted by atomic mass is 10.1. The Morgan fingerprint density at radius 2 is 2.00 bits per heavy atom. The van der Waals surface area contributed by atoms with Gasteiger partial charge in [-0.25, -0.2) is 14.3 Å². The van der Waals surface area contributed by atoms with Gasteiger partial charge in [-0.1, -0.05) is 18.2 Å². The lowest BCUT2D eigenvalue weighted by molar-refractivity contribution is -0.138. The van der Waals surface area contributed by atoms with Crippen molar-refractivity contribution in [3.63, 3.8) is 0 Å². The Bertz CT molecular complexity index is 905. The van der Waals surface area contributed by atoms with Crippen molar-refractivity contribution in [2.75, 3.05) is 5.32 Å². The average Bonchev–Trinajstić information content (AvgIpc) is 2.95. The van der Waals surface area contributed by atoms with Crippen LogP contribution in [0, 0.1) is 0 Å². The van der Waals surface area contributed by atoms with E-state index in [2.05, 4.69) is 15.4 Å². The number of carbonyl (C=O) groups is 1. The molecule has 2 aromatic heterocycles. The number of anilines is 1. The second-order valence-corrected chi connectivity index (χ2v) is 4.95. The van der Waals surface area contributed by atoms with Crippen LogP contribution in [0.5, 0.6) is 0 Å². The summed E-state index contributed by atoms with van der Waals surface area (Å²) in [5.74, 6) is -0.931. The van der Waals surface area contributed by atoms with Crippen molar-refractivity contribution >= 4 is 17.4 Å². The first-order valence-electron chi connectivity index (χ1n) is 6.83. The molecule has 24 heavy (non-hydrogen) atoms. The van der Waals surface area contributed by atoms with Crippen LogP contribution in [0.25, 0.3) is 5.65 Å². The highest BCUT2D eigenvalue weighted by Gasteiger charge is 2.32. The molecule has 0 radical (unpaired) electrons. The summed E-state index contributed by atoms with van der Waals surface area (Å²) in [5, 5.41) is 15.7. The molecule has 3 aromatic rings. The highest BCUT2D eigenvalue weighted by molar-refractivity contribution is 5.94. The number of carboxylic acid groups (broad SMARTS) is 1. The first kappa shape index (κ1) is 15.8. The number of hydrogen-bond donors (Lipinski definition) is 2. The van der Waals surface area contributed by atoms with E-state index in [0.29, 0.717) is 0 Å². The minimum Gasteiger partial charge on any atom is -0.477 e. The fraction of sp³-hybridized carbons (Fsp3) is 0.133. The molecule has 9 heteroatoms. The molecular formula is C15H11F3N4O2. The molecule has 2 heterocycles. The van der Waals surface area contributed by atoms with E-state index in [1.165, 1.54) is 35.0 Å². The van der Waals surface area contributed by atoms with Crippen LogP contribution in [0.1, 0.15) is 21.5 Å². The van der Waals surface area contributed by atoms with Crippen molar-refractivity contribution in [3.8, 4) is 0 Å². The Kier molecular flexibility index (Phi) is 3.84. The molecule has 6 nitrogen and oxygen atoms in total. The Hall–Kier alpha value is -3.10. The molecule has 0 fully saturated rings. The summed E-state index contributed by atoms with van der Waals surface area (Å²) in [7, 11) is 0. The average molecular weight is 336 g/mol. The van der Waals surface area contributed by atoms with Gasteiger partial charge >= 0.3 is 12.1 Å². The third-order valence-electron chi connectivity index (χ3n) is 3.38. The minimum atomic E-state index is -4.45. The summed E-state index contributed by atoms with van der Waals surface area (Å²) in [6.45, 7) is -0.102. The van der Waals surface area contributed by atoms with Crippen molar-refractivity contribution in [1.82, 2.24) is 14.6 Å². The number of rotatable bonds is 4. The maximum Gasteiger partial charge on any atom is 0.416 e. The van der Waals surface area contributed by atoms with Gasteiger partial charge in [0.1, 0.15) is 11.4 Å². The van der Waals surface area contributed by atoms with E-state index in [9.17, 15) is 18.0 Å². The summed E-state index contributed by atoms with van der Waals surface area (Å²) in [6, 6.07) is 6.72.